The largest absolute Gasteiger partial charge is 0.472 e. The Balaban J connectivity index is 1.73. The van der Waals surface area contributed by atoms with Gasteiger partial charge in [0.15, 0.2) is 0 Å². The minimum atomic E-state index is 0.729. The lowest BCUT2D eigenvalue weighted by Gasteiger charge is -2.15. The fourth-order valence-corrected chi connectivity index (χ4v) is 2.14. The first-order chi connectivity index (χ1) is 6.95. The van der Waals surface area contributed by atoms with Crippen molar-refractivity contribution in [3.8, 4) is 0 Å². The molecule has 0 unspecified atom stereocenters. The minimum absolute atomic E-state index is 0.729. The first-order valence-corrected chi connectivity index (χ1v) is 5.69. The zero-order valence-electron chi connectivity index (χ0n) is 8.67. The molecule has 2 rings (SSSR count). The van der Waals surface area contributed by atoms with Crippen LogP contribution in [0.2, 0.25) is 0 Å². The van der Waals surface area contributed by atoms with E-state index < -0.39 is 0 Å². The van der Waals surface area contributed by atoms with Crippen molar-refractivity contribution in [2.75, 3.05) is 0 Å². The summed E-state index contributed by atoms with van der Waals surface area (Å²) in [5.41, 5.74) is 1.26. The molecule has 78 valence electrons. The number of nitrogens with one attached hydrogen (secondary N) is 1. The lowest BCUT2D eigenvalue weighted by atomic mass is 10.1. The normalized spacial score (nSPS) is 19.4. The van der Waals surface area contributed by atoms with Crippen molar-refractivity contribution in [3.05, 3.63) is 24.2 Å². The molecule has 14 heavy (non-hydrogen) atoms. The molecule has 1 aromatic heterocycles. The Morgan fingerprint density at radius 2 is 2.00 bits per heavy atom. The van der Waals surface area contributed by atoms with Crippen molar-refractivity contribution in [2.45, 2.75) is 51.1 Å². The number of hydrogen-bond acceptors (Lipinski definition) is 2. The second-order valence-electron chi connectivity index (χ2n) is 4.20. The lowest BCUT2D eigenvalue weighted by Crippen LogP contribution is -2.27. The summed E-state index contributed by atoms with van der Waals surface area (Å²) in [6, 6.07) is 2.76. The van der Waals surface area contributed by atoms with Crippen molar-refractivity contribution in [2.24, 2.45) is 0 Å². The smallest absolute Gasteiger partial charge is 0.0947 e. The minimum Gasteiger partial charge on any atom is -0.472 e. The van der Waals surface area contributed by atoms with Gasteiger partial charge in [0.25, 0.3) is 0 Å². The molecule has 2 nitrogen and oxygen atoms in total. The molecule has 1 aliphatic rings. The van der Waals surface area contributed by atoms with Crippen LogP contribution < -0.4 is 5.32 Å². The Labute approximate surface area is 85.7 Å². The number of rotatable bonds is 3. The van der Waals surface area contributed by atoms with Crippen molar-refractivity contribution in [3.63, 3.8) is 0 Å². The van der Waals surface area contributed by atoms with Crippen LogP contribution in [0.3, 0.4) is 0 Å². The van der Waals surface area contributed by atoms with E-state index in [9.17, 15) is 0 Å². The molecule has 0 amide bonds. The van der Waals surface area contributed by atoms with Crippen LogP contribution in [0.1, 0.15) is 44.1 Å². The first kappa shape index (κ1) is 9.78. The van der Waals surface area contributed by atoms with Crippen LogP contribution in [0.5, 0.6) is 0 Å². The van der Waals surface area contributed by atoms with E-state index >= 15 is 0 Å². The first-order valence-electron chi connectivity index (χ1n) is 5.69. The third kappa shape index (κ3) is 2.88. The van der Waals surface area contributed by atoms with Crippen molar-refractivity contribution >= 4 is 0 Å². The molecule has 0 aliphatic heterocycles. The van der Waals surface area contributed by atoms with Gasteiger partial charge in [-0.3, -0.25) is 0 Å². The Bertz CT molecular complexity index is 235. The maximum absolute atomic E-state index is 5.04. The van der Waals surface area contributed by atoms with Crippen LogP contribution in [0.4, 0.5) is 0 Å². The molecule has 0 bridgehead atoms. The highest BCUT2D eigenvalue weighted by Gasteiger charge is 2.11. The summed E-state index contributed by atoms with van der Waals surface area (Å²) in [6.07, 6.45) is 11.9. The van der Waals surface area contributed by atoms with Crippen LogP contribution in [0.15, 0.2) is 23.0 Å². The zero-order valence-corrected chi connectivity index (χ0v) is 8.67. The summed E-state index contributed by atoms with van der Waals surface area (Å²) in [5, 5.41) is 3.60. The van der Waals surface area contributed by atoms with Gasteiger partial charge in [0.1, 0.15) is 0 Å². The van der Waals surface area contributed by atoms with E-state index in [1.807, 2.05) is 12.3 Å². The fourth-order valence-electron chi connectivity index (χ4n) is 2.14. The maximum atomic E-state index is 5.04. The van der Waals surface area contributed by atoms with E-state index in [0.29, 0.717) is 0 Å². The third-order valence-electron chi connectivity index (χ3n) is 3.03. The second kappa shape index (κ2) is 5.20. The molecule has 0 atom stereocenters. The van der Waals surface area contributed by atoms with Gasteiger partial charge in [-0.2, -0.15) is 0 Å². The van der Waals surface area contributed by atoms with E-state index in [1.54, 1.807) is 6.26 Å². The molecule has 1 aromatic rings. The fraction of sp³-hybridized carbons (Fsp3) is 0.667. The van der Waals surface area contributed by atoms with Crippen LogP contribution in [0, 0.1) is 0 Å². The van der Waals surface area contributed by atoms with Crippen molar-refractivity contribution in [1.29, 1.82) is 0 Å². The lowest BCUT2D eigenvalue weighted by molar-refractivity contribution is 0.457. The summed E-state index contributed by atoms with van der Waals surface area (Å²) in [4.78, 5) is 0. The van der Waals surface area contributed by atoms with Gasteiger partial charge in [-0.1, -0.05) is 25.7 Å². The Morgan fingerprint density at radius 3 is 2.64 bits per heavy atom. The molecule has 0 spiro atoms. The average Bonchev–Trinajstić information content (AvgIpc) is 2.58. The molecule has 1 fully saturated rings. The molecule has 0 saturated heterocycles. The molecule has 0 radical (unpaired) electrons. The van der Waals surface area contributed by atoms with Crippen molar-refractivity contribution < 1.29 is 4.42 Å². The van der Waals surface area contributed by atoms with Gasteiger partial charge >= 0.3 is 0 Å². The van der Waals surface area contributed by atoms with E-state index in [1.165, 1.54) is 44.1 Å². The predicted octanol–water partition coefficient (Wildman–Crippen LogP) is 3.09. The average molecular weight is 193 g/mol. The molecular weight excluding hydrogens is 174 g/mol. The molecule has 2 heteroatoms. The van der Waals surface area contributed by atoms with Crippen LogP contribution >= 0.6 is 0 Å². The van der Waals surface area contributed by atoms with Crippen LogP contribution in [-0.4, -0.2) is 6.04 Å². The third-order valence-corrected chi connectivity index (χ3v) is 3.03. The summed E-state index contributed by atoms with van der Waals surface area (Å²) >= 11 is 0. The van der Waals surface area contributed by atoms with Gasteiger partial charge in [0.05, 0.1) is 12.5 Å². The topological polar surface area (TPSA) is 25.2 Å². The summed E-state index contributed by atoms with van der Waals surface area (Å²) in [6.45, 7) is 0.959. The Morgan fingerprint density at radius 1 is 1.21 bits per heavy atom. The van der Waals surface area contributed by atoms with E-state index in [2.05, 4.69) is 5.32 Å². The van der Waals surface area contributed by atoms with Crippen LogP contribution in [-0.2, 0) is 6.54 Å². The molecule has 0 aromatic carbocycles. The molecule has 1 N–H and O–H groups in total. The van der Waals surface area contributed by atoms with Gasteiger partial charge in [0.2, 0.25) is 0 Å². The highest BCUT2D eigenvalue weighted by Crippen LogP contribution is 2.17. The second-order valence-corrected chi connectivity index (χ2v) is 4.20. The van der Waals surface area contributed by atoms with Gasteiger partial charge in [0, 0.05) is 18.2 Å². The number of furan rings is 1. The molecule has 1 heterocycles. The van der Waals surface area contributed by atoms with Gasteiger partial charge in [-0.05, 0) is 18.9 Å². The van der Waals surface area contributed by atoms with Gasteiger partial charge in [-0.25, -0.2) is 0 Å². The van der Waals surface area contributed by atoms with E-state index in [0.717, 1.165) is 12.6 Å². The highest BCUT2D eigenvalue weighted by atomic mass is 16.3. The molecular formula is C12H19NO. The quantitative estimate of drug-likeness (QED) is 0.746. The van der Waals surface area contributed by atoms with Gasteiger partial charge < -0.3 is 9.73 Å². The van der Waals surface area contributed by atoms with E-state index in [4.69, 9.17) is 4.42 Å². The monoisotopic (exact) mass is 193 g/mol. The standard InChI is InChI=1S/C12H19NO/c1-2-4-6-12(5-3-1)13-9-11-7-8-14-10-11/h7-8,10,12-13H,1-6,9H2. The SMILES string of the molecule is c1cc(CNC2CCCCCC2)co1. The molecule has 1 aliphatic carbocycles. The van der Waals surface area contributed by atoms with Crippen LogP contribution in [0.25, 0.3) is 0 Å². The van der Waals surface area contributed by atoms with Crippen molar-refractivity contribution in [1.82, 2.24) is 5.32 Å². The Kier molecular flexibility index (Phi) is 3.64. The Hall–Kier alpha value is -0.760. The zero-order chi connectivity index (χ0) is 9.64. The summed E-state index contributed by atoms with van der Waals surface area (Å²) in [7, 11) is 0. The molecule has 1 saturated carbocycles. The van der Waals surface area contributed by atoms with E-state index in [-0.39, 0.29) is 0 Å². The number of hydrogen-bond donors (Lipinski definition) is 1. The highest BCUT2D eigenvalue weighted by molar-refractivity contribution is 5.04. The van der Waals surface area contributed by atoms with Gasteiger partial charge in [-0.15, -0.1) is 0 Å². The summed E-state index contributed by atoms with van der Waals surface area (Å²) < 4.78 is 5.04. The maximum Gasteiger partial charge on any atom is 0.0947 e. The summed E-state index contributed by atoms with van der Waals surface area (Å²) in [5.74, 6) is 0. The predicted molar refractivity (Wildman–Crippen MR) is 57.0 cm³/mol.